The van der Waals surface area contributed by atoms with Gasteiger partial charge in [-0.1, -0.05) is 35.9 Å². The Morgan fingerprint density at radius 2 is 1.91 bits per heavy atom. The molecule has 1 aromatic heterocycles. The van der Waals surface area contributed by atoms with Crippen LogP contribution < -0.4 is 4.74 Å². The van der Waals surface area contributed by atoms with Crippen molar-refractivity contribution in [2.45, 2.75) is 6.61 Å². The lowest BCUT2D eigenvalue weighted by molar-refractivity contribution is 0.111. The van der Waals surface area contributed by atoms with Crippen LogP contribution >= 0.6 is 22.9 Å². The number of aromatic nitrogens is 1. The fourth-order valence-corrected chi connectivity index (χ4v) is 2.90. The van der Waals surface area contributed by atoms with E-state index in [0.717, 1.165) is 22.6 Å². The highest BCUT2D eigenvalue weighted by Crippen LogP contribution is 2.26. The van der Waals surface area contributed by atoms with E-state index in [2.05, 4.69) is 4.98 Å². The predicted octanol–water partition coefficient (Wildman–Crippen LogP) is 4.86. The fourth-order valence-electron chi connectivity index (χ4n) is 1.96. The van der Waals surface area contributed by atoms with E-state index < -0.39 is 0 Å². The Balaban J connectivity index is 1.72. The lowest BCUT2D eigenvalue weighted by Gasteiger charge is -2.06. The molecule has 0 aliphatic heterocycles. The number of carbonyl (C=O) groups excluding carboxylic acids is 1. The highest BCUT2D eigenvalue weighted by Gasteiger charge is 2.07. The molecule has 2 aromatic carbocycles. The zero-order valence-electron chi connectivity index (χ0n) is 11.5. The molecule has 1 heterocycles. The van der Waals surface area contributed by atoms with E-state index in [1.54, 1.807) is 29.5 Å². The molecule has 0 spiro atoms. The highest BCUT2D eigenvalue weighted by atomic mass is 35.5. The van der Waals surface area contributed by atoms with Gasteiger partial charge in [-0.05, 0) is 24.3 Å². The molecule has 0 radical (unpaired) electrons. The molecule has 0 fully saturated rings. The maximum absolute atomic E-state index is 11.0. The lowest BCUT2D eigenvalue weighted by atomic mass is 10.2. The first kappa shape index (κ1) is 14.8. The van der Waals surface area contributed by atoms with Crippen molar-refractivity contribution >= 4 is 29.2 Å². The minimum atomic E-state index is 0.328. The van der Waals surface area contributed by atoms with Gasteiger partial charge in [0.25, 0.3) is 0 Å². The van der Waals surface area contributed by atoms with Crippen molar-refractivity contribution in [3.8, 4) is 16.3 Å². The van der Waals surface area contributed by atoms with E-state index in [-0.39, 0.29) is 0 Å². The third kappa shape index (κ3) is 3.35. The van der Waals surface area contributed by atoms with Gasteiger partial charge in [-0.3, -0.25) is 4.79 Å². The zero-order chi connectivity index (χ0) is 15.4. The molecule has 0 N–H and O–H groups in total. The summed E-state index contributed by atoms with van der Waals surface area (Å²) in [5.74, 6) is 0.568. The summed E-state index contributed by atoms with van der Waals surface area (Å²) in [6.07, 6.45) is 0.787. The van der Waals surface area contributed by atoms with Crippen molar-refractivity contribution in [3.63, 3.8) is 0 Å². The van der Waals surface area contributed by atoms with Gasteiger partial charge in [0.2, 0.25) is 0 Å². The summed E-state index contributed by atoms with van der Waals surface area (Å²) in [5.41, 5.74) is 2.39. The van der Waals surface area contributed by atoms with Gasteiger partial charge in [0.05, 0.1) is 11.3 Å². The molecule has 5 heteroatoms. The molecule has 0 aliphatic rings. The van der Waals surface area contributed by atoms with E-state index in [4.69, 9.17) is 16.3 Å². The van der Waals surface area contributed by atoms with Crippen LogP contribution in [-0.2, 0) is 6.61 Å². The van der Waals surface area contributed by atoms with Crippen LogP contribution in [0.1, 0.15) is 16.1 Å². The molecule has 3 nitrogen and oxygen atoms in total. The Morgan fingerprint density at radius 1 is 1.14 bits per heavy atom. The van der Waals surface area contributed by atoms with Crippen LogP contribution in [0.25, 0.3) is 10.6 Å². The van der Waals surface area contributed by atoms with Gasteiger partial charge in [-0.25, -0.2) is 4.98 Å². The molecule has 0 unspecified atom stereocenters. The van der Waals surface area contributed by atoms with Crippen molar-refractivity contribution in [1.29, 1.82) is 0 Å². The molecular weight excluding hydrogens is 318 g/mol. The van der Waals surface area contributed by atoms with Crippen LogP contribution in [0.3, 0.4) is 0 Å². The third-order valence-electron chi connectivity index (χ3n) is 3.06. The Morgan fingerprint density at radius 3 is 2.68 bits per heavy atom. The van der Waals surface area contributed by atoms with E-state index in [1.165, 1.54) is 0 Å². The van der Waals surface area contributed by atoms with Crippen molar-refractivity contribution in [1.82, 2.24) is 4.98 Å². The number of carbonyl (C=O) groups is 1. The van der Waals surface area contributed by atoms with Crippen LogP contribution in [0.2, 0.25) is 5.02 Å². The number of rotatable bonds is 5. The summed E-state index contributed by atoms with van der Waals surface area (Å²) in [6.45, 7) is 0.328. The van der Waals surface area contributed by atoms with E-state index in [9.17, 15) is 4.79 Å². The molecule has 22 heavy (non-hydrogen) atoms. The van der Waals surface area contributed by atoms with Gasteiger partial charge >= 0.3 is 0 Å². The second kappa shape index (κ2) is 6.73. The Hall–Kier alpha value is -2.17. The molecule has 110 valence electrons. The molecule has 0 amide bonds. The Kier molecular flexibility index (Phi) is 4.51. The van der Waals surface area contributed by atoms with Crippen molar-refractivity contribution in [3.05, 3.63) is 70.2 Å². The number of hydrogen-bond acceptors (Lipinski definition) is 4. The number of thiazole rings is 1. The third-order valence-corrected chi connectivity index (χ3v) is 4.26. The SMILES string of the molecule is O=Cc1ccccc1OCc1csc(-c2ccc(Cl)cc2)n1. The average molecular weight is 330 g/mol. The van der Waals surface area contributed by atoms with Gasteiger partial charge in [0, 0.05) is 16.0 Å². The number of hydrogen-bond donors (Lipinski definition) is 0. The summed E-state index contributed by atoms with van der Waals surface area (Å²) in [5, 5.41) is 3.57. The van der Waals surface area contributed by atoms with Crippen molar-refractivity contribution < 1.29 is 9.53 Å². The molecule has 3 aromatic rings. The van der Waals surface area contributed by atoms with Gasteiger partial charge in [0.1, 0.15) is 17.4 Å². The zero-order valence-corrected chi connectivity index (χ0v) is 13.1. The van der Waals surface area contributed by atoms with Gasteiger partial charge < -0.3 is 4.74 Å². The number of halogens is 1. The van der Waals surface area contributed by atoms with Crippen LogP contribution in [0.4, 0.5) is 0 Å². The minimum absolute atomic E-state index is 0.328. The second-order valence-electron chi connectivity index (χ2n) is 4.60. The number of para-hydroxylation sites is 1. The van der Waals surface area contributed by atoms with E-state index >= 15 is 0 Å². The van der Waals surface area contributed by atoms with E-state index in [1.807, 2.05) is 35.7 Å². The monoisotopic (exact) mass is 329 g/mol. The fraction of sp³-hybridized carbons (Fsp3) is 0.0588. The first-order valence-corrected chi connectivity index (χ1v) is 7.89. The summed E-state index contributed by atoms with van der Waals surface area (Å²) in [7, 11) is 0. The first-order valence-electron chi connectivity index (χ1n) is 6.63. The maximum atomic E-state index is 11.0. The highest BCUT2D eigenvalue weighted by molar-refractivity contribution is 7.13. The molecule has 3 rings (SSSR count). The standard InChI is InChI=1S/C17H12ClNO2S/c18-14-7-5-12(6-8-14)17-19-15(11-22-17)10-21-16-4-2-1-3-13(16)9-20/h1-9,11H,10H2. The number of aldehydes is 1. The smallest absolute Gasteiger partial charge is 0.153 e. The molecule has 0 bridgehead atoms. The van der Waals surface area contributed by atoms with Crippen LogP contribution in [0, 0.1) is 0 Å². The predicted molar refractivity (Wildman–Crippen MR) is 88.7 cm³/mol. The molecule has 0 aliphatic carbocycles. The quantitative estimate of drug-likeness (QED) is 0.628. The average Bonchev–Trinajstić information content (AvgIpc) is 3.03. The topological polar surface area (TPSA) is 39.2 Å². The summed E-state index contributed by atoms with van der Waals surface area (Å²) < 4.78 is 5.67. The normalized spacial score (nSPS) is 10.4. The van der Waals surface area contributed by atoms with Crippen LogP contribution in [0.15, 0.2) is 53.9 Å². The number of benzene rings is 2. The first-order chi connectivity index (χ1) is 10.8. The largest absolute Gasteiger partial charge is 0.487 e. The number of ether oxygens (including phenoxy) is 1. The second-order valence-corrected chi connectivity index (χ2v) is 5.89. The minimum Gasteiger partial charge on any atom is -0.487 e. The van der Waals surface area contributed by atoms with Crippen molar-refractivity contribution in [2.75, 3.05) is 0 Å². The Bertz CT molecular complexity index is 783. The van der Waals surface area contributed by atoms with Gasteiger partial charge in [-0.15, -0.1) is 11.3 Å². The van der Waals surface area contributed by atoms with Gasteiger partial charge in [-0.2, -0.15) is 0 Å². The maximum Gasteiger partial charge on any atom is 0.153 e. The van der Waals surface area contributed by atoms with Gasteiger partial charge in [0.15, 0.2) is 6.29 Å². The summed E-state index contributed by atoms with van der Waals surface area (Å²) >= 11 is 7.43. The summed E-state index contributed by atoms with van der Waals surface area (Å²) in [6, 6.07) is 14.7. The van der Waals surface area contributed by atoms with E-state index in [0.29, 0.717) is 22.9 Å². The Labute approximate surface area is 137 Å². The van der Waals surface area contributed by atoms with Crippen LogP contribution in [0.5, 0.6) is 5.75 Å². The lowest BCUT2D eigenvalue weighted by Crippen LogP contribution is -1.98. The van der Waals surface area contributed by atoms with Crippen LogP contribution in [-0.4, -0.2) is 11.3 Å². The molecule has 0 saturated carbocycles. The molecular formula is C17H12ClNO2S. The summed E-state index contributed by atoms with van der Waals surface area (Å²) in [4.78, 5) is 15.5. The number of nitrogens with zero attached hydrogens (tertiary/aromatic N) is 1. The van der Waals surface area contributed by atoms with Crippen molar-refractivity contribution in [2.24, 2.45) is 0 Å². The molecule has 0 saturated heterocycles. The molecule has 0 atom stereocenters.